The highest BCUT2D eigenvalue weighted by Crippen LogP contribution is 2.26. The first-order chi connectivity index (χ1) is 11.4. The number of amides is 2. The molecular formula is C18H24ClFN2O2. The first-order valence-corrected chi connectivity index (χ1v) is 8.75. The summed E-state index contributed by atoms with van der Waals surface area (Å²) in [5.41, 5.74) is 0.208. The first-order valence-electron chi connectivity index (χ1n) is 8.37. The lowest BCUT2D eigenvalue weighted by atomic mass is 9.86. The SMILES string of the molecule is CC1CCC(N(C)C(=O)CCNC(=O)c2ccc(F)cc2Cl)CC1. The molecule has 0 aliphatic heterocycles. The van der Waals surface area contributed by atoms with E-state index in [4.69, 9.17) is 11.6 Å². The largest absolute Gasteiger partial charge is 0.351 e. The maximum Gasteiger partial charge on any atom is 0.252 e. The van der Waals surface area contributed by atoms with Crippen LogP contribution in [0.5, 0.6) is 0 Å². The minimum Gasteiger partial charge on any atom is -0.351 e. The van der Waals surface area contributed by atoms with Crippen LogP contribution in [0.4, 0.5) is 4.39 Å². The molecule has 24 heavy (non-hydrogen) atoms. The smallest absolute Gasteiger partial charge is 0.252 e. The normalized spacial score (nSPS) is 20.5. The molecule has 0 aromatic heterocycles. The molecule has 2 amide bonds. The standard InChI is InChI=1S/C18H24ClFN2O2/c1-12-3-6-14(7-4-12)22(2)17(23)9-10-21-18(24)15-8-5-13(20)11-16(15)19/h5,8,11-12,14H,3-4,6-7,9-10H2,1-2H3,(H,21,24). The van der Waals surface area contributed by atoms with Crippen molar-refractivity contribution in [3.05, 3.63) is 34.6 Å². The van der Waals surface area contributed by atoms with Crippen LogP contribution in [0, 0.1) is 11.7 Å². The molecule has 0 bridgehead atoms. The van der Waals surface area contributed by atoms with Gasteiger partial charge in [-0.25, -0.2) is 4.39 Å². The molecule has 0 saturated heterocycles. The zero-order valence-electron chi connectivity index (χ0n) is 14.1. The summed E-state index contributed by atoms with van der Waals surface area (Å²) in [5, 5.41) is 2.72. The van der Waals surface area contributed by atoms with Gasteiger partial charge in [0.15, 0.2) is 0 Å². The van der Waals surface area contributed by atoms with Crippen molar-refractivity contribution in [2.24, 2.45) is 5.92 Å². The maximum atomic E-state index is 13.0. The van der Waals surface area contributed by atoms with Crippen LogP contribution in [0.3, 0.4) is 0 Å². The Morgan fingerprint density at radius 1 is 1.29 bits per heavy atom. The van der Waals surface area contributed by atoms with Gasteiger partial charge in [0.1, 0.15) is 5.82 Å². The monoisotopic (exact) mass is 354 g/mol. The molecular weight excluding hydrogens is 331 g/mol. The van der Waals surface area contributed by atoms with Gasteiger partial charge in [-0.15, -0.1) is 0 Å². The third-order valence-electron chi connectivity index (χ3n) is 4.73. The number of hydrogen-bond acceptors (Lipinski definition) is 2. The van der Waals surface area contributed by atoms with Gasteiger partial charge in [0.25, 0.3) is 5.91 Å². The highest BCUT2D eigenvalue weighted by atomic mass is 35.5. The fraction of sp³-hybridized carbons (Fsp3) is 0.556. The van der Waals surface area contributed by atoms with Gasteiger partial charge in [0, 0.05) is 26.1 Å². The Hall–Kier alpha value is -1.62. The molecule has 1 aromatic carbocycles. The quantitative estimate of drug-likeness (QED) is 0.877. The van der Waals surface area contributed by atoms with E-state index >= 15 is 0 Å². The molecule has 4 nitrogen and oxygen atoms in total. The van der Waals surface area contributed by atoms with Crippen molar-refractivity contribution in [1.82, 2.24) is 10.2 Å². The lowest BCUT2D eigenvalue weighted by Gasteiger charge is -2.33. The van der Waals surface area contributed by atoms with Crippen LogP contribution in [0.1, 0.15) is 49.4 Å². The van der Waals surface area contributed by atoms with Crippen molar-refractivity contribution in [1.29, 1.82) is 0 Å². The van der Waals surface area contributed by atoms with Gasteiger partial charge in [-0.3, -0.25) is 9.59 Å². The van der Waals surface area contributed by atoms with Crippen molar-refractivity contribution in [3.63, 3.8) is 0 Å². The van der Waals surface area contributed by atoms with E-state index < -0.39 is 11.7 Å². The summed E-state index contributed by atoms with van der Waals surface area (Å²) in [5.74, 6) is -0.123. The first kappa shape index (κ1) is 18.7. The van der Waals surface area contributed by atoms with E-state index in [0.717, 1.165) is 37.7 Å². The highest BCUT2D eigenvalue weighted by molar-refractivity contribution is 6.33. The third-order valence-corrected chi connectivity index (χ3v) is 5.04. The van der Waals surface area contributed by atoms with E-state index in [9.17, 15) is 14.0 Å². The van der Waals surface area contributed by atoms with Gasteiger partial charge in [-0.1, -0.05) is 18.5 Å². The minimum atomic E-state index is -0.491. The van der Waals surface area contributed by atoms with Crippen molar-refractivity contribution >= 4 is 23.4 Å². The zero-order chi connectivity index (χ0) is 17.7. The Balaban J connectivity index is 1.78. The fourth-order valence-corrected chi connectivity index (χ4v) is 3.31. The fourth-order valence-electron chi connectivity index (χ4n) is 3.06. The van der Waals surface area contributed by atoms with E-state index in [2.05, 4.69) is 12.2 Å². The molecule has 0 spiro atoms. The van der Waals surface area contributed by atoms with Crippen LogP contribution in [-0.4, -0.2) is 36.3 Å². The molecule has 6 heteroatoms. The van der Waals surface area contributed by atoms with Crippen LogP contribution >= 0.6 is 11.6 Å². The lowest BCUT2D eigenvalue weighted by molar-refractivity contribution is -0.132. The predicted octanol–water partition coefficient (Wildman–Crippen LogP) is 3.64. The summed E-state index contributed by atoms with van der Waals surface area (Å²) in [6.45, 7) is 2.48. The minimum absolute atomic E-state index is 0.0278. The topological polar surface area (TPSA) is 49.4 Å². The summed E-state index contributed by atoms with van der Waals surface area (Å²) in [7, 11) is 1.83. The van der Waals surface area contributed by atoms with Crippen molar-refractivity contribution < 1.29 is 14.0 Å². The van der Waals surface area contributed by atoms with Gasteiger partial charge in [0.05, 0.1) is 10.6 Å². The van der Waals surface area contributed by atoms with Crippen LogP contribution in [0.2, 0.25) is 5.02 Å². The molecule has 2 rings (SSSR count). The second-order valence-corrected chi connectivity index (χ2v) is 6.96. The van der Waals surface area contributed by atoms with Crippen LogP contribution in [0.25, 0.3) is 0 Å². The van der Waals surface area contributed by atoms with Gasteiger partial charge in [-0.05, 0) is 49.8 Å². The Labute approximate surface area is 147 Å². The molecule has 1 aliphatic rings. The molecule has 0 atom stereocenters. The van der Waals surface area contributed by atoms with Gasteiger partial charge >= 0.3 is 0 Å². The summed E-state index contributed by atoms with van der Waals surface area (Å²) in [6, 6.07) is 3.92. The lowest BCUT2D eigenvalue weighted by Crippen LogP contribution is -2.40. The Morgan fingerprint density at radius 3 is 2.58 bits per heavy atom. The van der Waals surface area contributed by atoms with E-state index in [1.165, 1.54) is 12.1 Å². The molecule has 1 aliphatic carbocycles. The second-order valence-electron chi connectivity index (χ2n) is 6.55. The molecule has 1 saturated carbocycles. The van der Waals surface area contributed by atoms with Crippen LogP contribution < -0.4 is 5.32 Å². The number of carbonyl (C=O) groups excluding carboxylic acids is 2. The summed E-state index contributed by atoms with van der Waals surface area (Å²) in [4.78, 5) is 26.1. The summed E-state index contributed by atoms with van der Waals surface area (Å²) < 4.78 is 13.0. The summed E-state index contributed by atoms with van der Waals surface area (Å²) >= 11 is 5.85. The Morgan fingerprint density at radius 2 is 1.96 bits per heavy atom. The average Bonchev–Trinajstić information content (AvgIpc) is 2.54. The van der Waals surface area contributed by atoms with E-state index in [1.807, 2.05) is 11.9 Å². The number of nitrogens with one attached hydrogen (secondary N) is 1. The molecule has 0 unspecified atom stereocenters. The number of hydrogen-bond donors (Lipinski definition) is 1. The summed E-state index contributed by atoms with van der Waals surface area (Å²) in [6.07, 6.45) is 4.64. The second kappa shape index (κ2) is 8.47. The Bertz CT molecular complexity index is 601. The number of rotatable bonds is 5. The highest BCUT2D eigenvalue weighted by Gasteiger charge is 2.24. The van der Waals surface area contributed by atoms with Crippen LogP contribution in [-0.2, 0) is 4.79 Å². The van der Waals surface area contributed by atoms with Crippen LogP contribution in [0.15, 0.2) is 18.2 Å². The van der Waals surface area contributed by atoms with Gasteiger partial charge in [-0.2, -0.15) is 0 Å². The van der Waals surface area contributed by atoms with E-state index in [1.54, 1.807) is 0 Å². The Kier molecular flexibility index (Phi) is 6.60. The maximum absolute atomic E-state index is 13.0. The number of nitrogens with zero attached hydrogens (tertiary/aromatic N) is 1. The molecule has 132 valence electrons. The predicted molar refractivity (Wildman–Crippen MR) is 92.6 cm³/mol. The number of carbonyl (C=O) groups is 2. The molecule has 0 heterocycles. The number of benzene rings is 1. The van der Waals surface area contributed by atoms with Crippen molar-refractivity contribution in [2.45, 2.75) is 45.1 Å². The molecule has 0 radical (unpaired) electrons. The van der Waals surface area contributed by atoms with E-state index in [-0.39, 0.29) is 29.5 Å². The van der Waals surface area contributed by atoms with Gasteiger partial charge in [0.2, 0.25) is 5.91 Å². The zero-order valence-corrected chi connectivity index (χ0v) is 14.9. The average molecular weight is 355 g/mol. The third kappa shape index (κ3) is 4.94. The van der Waals surface area contributed by atoms with E-state index in [0.29, 0.717) is 6.04 Å². The van der Waals surface area contributed by atoms with Crippen molar-refractivity contribution in [3.8, 4) is 0 Å². The van der Waals surface area contributed by atoms with Gasteiger partial charge < -0.3 is 10.2 Å². The molecule has 1 N–H and O–H groups in total. The van der Waals surface area contributed by atoms with Crippen molar-refractivity contribution in [2.75, 3.05) is 13.6 Å². The number of halogens is 2. The molecule has 1 fully saturated rings. The molecule has 1 aromatic rings.